The first kappa shape index (κ1) is 12.2. The van der Waals surface area contributed by atoms with E-state index in [9.17, 15) is 18.4 Å². The van der Waals surface area contributed by atoms with Crippen LogP contribution in [0.2, 0.25) is 0 Å². The Morgan fingerprint density at radius 3 is 2.75 bits per heavy atom. The number of nitrogen functional groups attached to an aromatic ring is 1. The summed E-state index contributed by atoms with van der Waals surface area (Å²) in [4.78, 5) is 24.1. The number of hydrogen-bond acceptors (Lipinski definition) is 4. The van der Waals surface area contributed by atoms with Gasteiger partial charge in [-0.2, -0.15) is 0 Å². The van der Waals surface area contributed by atoms with Crippen molar-refractivity contribution in [2.75, 3.05) is 12.8 Å². The number of H-pyrrole nitrogens is 1. The zero-order chi connectivity index (χ0) is 12.3. The minimum Gasteiger partial charge on any atom is -0.469 e. The Morgan fingerprint density at radius 2 is 2.25 bits per heavy atom. The number of pyridine rings is 1. The summed E-state index contributed by atoms with van der Waals surface area (Å²) in [5.74, 6) is -0.644. The van der Waals surface area contributed by atoms with Crippen molar-refractivity contribution in [1.29, 1.82) is 0 Å². The molecule has 0 aliphatic heterocycles. The van der Waals surface area contributed by atoms with Crippen molar-refractivity contribution in [3.63, 3.8) is 0 Å². The van der Waals surface area contributed by atoms with E-state index < -0.39 is 23.6 Å². The van der Waals surface area contributed by atoms with Gasteiger partial charge in [0.05, 0.1) is 19.2 Å². The Hall–Kier alpha value is -1.92. The van der Waals surface area contributed by atoms with E-state index in [-0.39, 0.29) is 17.7 Å². The standard InChI is InChI=1S/C9H10F2N2O3/c1-16-6(14)3-4-2-5(12)7(8(10)11)13-9(4)15/h2,8H,3,12H2,1H3,(H,13,15). The highest BCUT2D eigenvalue weighted by Gasteiger charge is 2.16. The monoisotopic (exact) mass is 232 g/mol. The second kappa shape index (κ2) is 4.73. The molecule has 5 nitrogen and oxygen atoms in total. The van der Waals surface area contributed by atoms with Gasteiger partial charge >= 0.3 is 5.97 Å². The van der Waals surface area contributed by atoms with Gasteiger partial charge in [0.1, 0.15) is 5.69 Å². The van der Waals surface area contributed by atoms with Gasteiger partial charge in [-0.3, -0.25) is 9.59 Å². The van der Waals surface area contributed by atoms with Crippen LogP contribution in [0.4, 0.5) is 14.5 Å². The number of carbonyl (C=O) groups is 1. The molecule has 16 heavy (non-hydrogen) atoms. The maximum absolute atomic E-state index is 12.3. The number of carbonyl (C=O) groups excluding carboxylic acids is 1. The number of rotatable bonds is 3. The van der Waals surface area contributed by atoms with E-state index in [1.54, 1.807) is 0 Å². The zero-order valence-electron chi connectivity index (χ0n) is 8.42. The van der Waals surface area contributed by atoms with E-state index in [1.807, 2.05) is 4.98 Å². The highest BCUT2D eigenvalue weighted by molar-refractivity contribution is 5.72. The van der Waals surface area contributed by atoms with Crippen molar-refractivity contribution < 1.29 is 18.3 Å². The van der Waals surface area contributed by atoms with E-state index in [0.29, 0.717) is 0 Å². The fraction of sp³-hybridized carbons (Fsp3) is 0.333. The van der Waals surface area contributed by atoms with Gasteiger partial charge in [-0.05, 0) is 6.07 Å². The number of methoxy groups -OCH3 is 1. The highest BCUT2D eigenvalue weighted by Crippen LogP contribution is 2.21. The lowest BCUT2D eigenvalue weighted by molar-refractivity contribution is -0.139. The molecule has 0 saturated heterocycles. The molecule has 0 atom stereocenters. The largest absolute Gasteiger partial charge is 0.469 e. The van der Waals surface area contributed by atoms with Gasteiger partial charge in [0.25, 0.3) is 12.0 Å². The van der Waals surface area contributed by atoms with Crippen LogP contribution in [0.25, 0.3) is 0 Å². The van der Waals surface area contributed by atoms with Crippen molar-refractivity contribution in [3.8, 4) is 0 Å². The van der Waals surface area contributed by atoms with Crippen LogP contribution < -0.4 is 11.3 Å². The molecule has 3 N–H and O–H groups in total. The SMILES string of the molecule is COC(=O)Cc1cc(N)c(C(F)F)[nH]c1=O. The Bertz CT molecular complexity index is 457. The summed E-state index contributed by atoms with van der Waals surface area (Å²) >= 11 is 0. The van der Waals surface area contributed by atoms with Crippen LogP contribution >= 0.6 is 0 Å². The van der Waals surface area contributed by atoms with Crippen molar-refractivity contribution in [1.82, 2.24) is 4.98 Å². The number of aromatic nitrogens is 1. The Morgan fingerprint density at radius 1 is 1.62 bits per heavy atom. The van der Waals surface area contributed by atoms with Gasteiger partial charge in [-0.25, -0.2) is 8.78 Å². The van der Waals surface area contributed by atoms with E-state index in [4.69, 9.17) is 5.73 Å². The van der Waals surface area contributed by atoms with Gasteiger partial charge in [0.2, 0.25) is 0 Å². The van der Waals surface area contributed by atoms with Crippen molar-refractivity contribution in [2.45, 2.75) is 12.8 Å². The molecule has 1 rings (SSSR count). The third-order valence-electron chi connectivity index (χ3n) is 1.96. The van der Waals surface area contributed by atoms with Crippen LogP contribution in [0.1, 0.15) is 17.7 Å². The number of hydrogen-bond donors (Lipinski definition) is 2. The Labute approximate surface area is 89.2 Å². The van der Waals surface area contributed by atoms with E-state index >= 15 is 0 Å². The molecule has 0 amide bonds. The van der Waals surface area contributed by atoms with Crippen LogP contribution in [-0.4, -0.2) is 18.1 Å². The fourth-order valence-corrected chi connectivity index (χ4v) is 1.15. The molecule has 1 aromatic rings. The third kappa shape index (κ3) is 2.56. The molecular weight excluding hydrogens is 222 g/mol. The number of alkyl halides is 2. The number of halogens is 2. The topological polar surface area (TPSA) is 85.2 Å². The number of esters is 1. The number of nitrogens with one attached hydrogen (secondary N) is 1. The first-order valence-electron chi connectivity index (χ1n) is 4.32. The Balaban J connectivity index is 3.11. The fourth-order valence-electron chi connectivity index (χ4n) is 1.15. The third-order valence-corrected chi connectivity index (χ3v) is 1.96. The minimum absolute atomic E-state index is 0.00579. The van der Waals surface area contributed by atoms with Crippen LogP contribution in [0, 0.1) is 0 Å². The number of anilines is 1. The van der Waals surface area contributed by atoms with Crippen molar-refractivity contribution in [3.05, 3.63) is 27.7 Å². The van der Waals surface area contributed by atoms with Crippen molar-refractivity contribution in [2.24, 2.45) is 0 Å². The molecule has 0 unspecified atom stereocenters. The molecule has 0 radical (unpaired) electrons. The van der Waals surface area contributed by atoms with E-state index in [2.05, 4.69) is 4.74 Å². The maximum atomic E-state index is 12.3. The molecule has 0 aliphatic rings. The van der Waals surface area contributed by atoms with Gasteiger partial charge in [-0.15, -0.1) is 0 Å². The van der Waals surface area contributed by atoms with Crippen LogP contribution in [-0.2, 0) is 16.0 Å². The molecule has 0 spiro atoms. The molecular formula is C9H10F2N2O3. The number of nitrogens with two attached hydrogens (primary N) is 1. The van der Waals surface area contributed by atoms with Crippen LogP contribution in [0.5, 0.6) is 0 Å². The quantitative estimate of drug-likeness (QED) is 0.747. The lowest BCUT2D eigenvalue weighted by Gasteiger charge is -2.06. The summed E-state index contributed by atoms with van der Waals surface area (Å²) in [6, 6.07) is 1.05. The lowest BCUT2D eigenvalue weighted by atomic mass is 10.1. The average molecular weight is 232 g/mol. The molecule has 0 aliphatic carbocycles. The summed E-state index contributed by atoms with van der Waals surface area (Å²) in [5.41, 5.74) is 3.64. The second-order valence-electron chi connectivity index (χ2n) is 3.05. The minimum atomic E-state index is -2.86. The molecule has 0 bridgehead atoms. The first-order chi connectivity index (χ1) is 7.45. The smallest absolute Gasteiger partial charge is 0.310 e. The molecule has 1 aromatic heterocycles. The summed E-state index contributed by atoms with van der Waals surface area (Å²) in [6.45, 7) is 0. The molecule has 0 aromatic carbocycles. The molecule has 1 heterocycles. The molecule has 7 heteroatoms. The first-order valence-corrected chi connectivity index (χ1v) is 4.32. The zero-order valence-corrected chi connectivity index (χ0v) is 8.42. The van der Waals surface area contributed by atoms with Gasteiger partial charge in [-0.1, -0.05) is 0 Å². The number of aromatic amines is 1. The molecule has 0 fully saturated rings. The van der Waals surface area contributed by atoms with Gasteiger partial charge in [0.15, 0.2) is 0 Å². The summed E-state index contributed by atoms with van der Waals surface area (Å²) < 4.78 is 29.0. The predicted octanol–water partition coefficient (Wildman–Crippen LogP) is 0.610. The van der Waals surface area contributed by atoms with E-state index in [0.717, 1.165) is 13.2 Å². The second-order valence-corrected chi connectivity index (χ2v) is 3.05. The van der Waals surface area contributed by atoms with Gasteiger partial charge in [0, 0.05) is 5.56 Å². The maximum Gasteiger partial charge on any atom is 0.310 e. The average Bonchev–Trinajstić information content (AvgIpc) is 2.22. The number of ether oxygens (including phenoxy) is 1. The Kier molecular flexibility index (Phi) is 3.60. The van der Waals surface area contributed by atoms with Crippen LogP contribution in [0.3, 0.4) is 0 Å². The van der Waals surface area contributed by atoms with Crippen LogP contribution in [0.15, 0.2) is 10.9 Å². The molecule has 88 valence electrons. The lowest BCUT2D eigenvalue weighted by Crippen LogP contribution is -2.20. The summed E-state index contributed by atoms with van der Waals surface area (Å²) in [6.07, 6.45) is -3.17. The molecule has 0 saturated carbocycles. The van der Waals surface area contributed by atoms with Crippen molar-refractivity contribution >= 4 is 11.7 Å². The van der Waals surface area contributed by atoms with E-state index in [1.165, 1.54) is 0 Å². The highest BCUT2D eigenvalue weighted by atomic mass is 19.3. The summed E-state index contributed by atoms with van der Waals surface area (Å²) in [5, 5.41) is 0. The normalized spacial score (nSPS) is 10.5. The predicted molar refractivity (Wildman–Crippen MR) is 52.2 cm³/mol. The summed E-state index contributed by atoms with van der Waals surface area (Å²) in [7, 11) is 1.16. The van der Waals surface area contributed by atoms with Gasteiger partial charge < -0.3 is 15.5 Å².